The summed E-state index contributed by atoms with van der Waals surface area (Å²) in [5.74, 6) is 0.103. The first kappa shape index (κ1) is 20.6. The van der Waals surface area contributed by atoms with Gasteiger partial charge in [0.2, 0.25) is 0 Å². The van der Waals surface area contributed by atoms with Gasteiger partial charge in [0.1, 0.15) is 11.4 Å². The maximum absolute atomic E-state index is 12.0. The van der Waals surface area contributed by atoms with Gasteiger partial charge in [0.15, 0.2) is 5.82 Å². The minimum absolute atomic E-state index is 0.128. The van der Waals surface area contributed by atoms with Crippen LogP contribution in [0.5, 0.6) is 0 Å². The van der Waals surface area contributed by atoms with Gasteiger partial charge in [-0.3, -0.25) is 9.48 Å². The fourth-order valence-corrected chi connectivity index (χ4v) is 3.75. The third kappa shape index (κ3) is 4.10. The number of nitrogens with one attached hydrogen (secondary N) is 1. The fourth-order valence-electron chi connectivity index (χ4n) is 3.75. The Morgan fingerprint density at radius 3 is 2.64 bits per heavy atom. The van der Waals surface area contributed by atoms with Crippen molar-refractivity contribution in [2.24, 2.45) is 0 Å². The van der Waals surface area contributed by atoms with Crippen LogP contribution >= 0.6 is 0 Å². The molecule has 1 amide bonds. The van der Waals surface area contributed by atoms with E-state index in [1.165, 1.54) is 0 Å². The Balaban J connectivity index is 1.41. The van der Waals surface area contributed by atoms with Crippen molar-refractivity contribution < 1.29 is 14.3 Å². The van der Waals surface area contributed by atoms with E-state index in [2.05, 4.69) is 20.4 Å². The number of ether oxygens (including phenoxy) is 1. The molecule has 0 radical (unpaired) electrons. The van der Waals surface area contributed by atoms with Crippen molar-refractivity contribution in [2.45, 2.75) is 13.5 Å². The SMILES string of the molecule is CCOC(=O)c1cccc(-c2ccc(-c3nccc(-c4cc5n(n4)CCNC5=O)n3)cc2)c1. The summed E-state index contributed by atoms with van der Waals surface area (Å²) in [5, 5.41) is 7.34. The lowest BCUT2D eigenvalue weighted by molar-refractivity contribution is 0.0526. The molecule has 8 nitrogen and oxygen atoms in total. The minimum atomic E-state index is -0.334. The number of aromatic nitrogens is 4. The molecule has 0 aliphatic carbocycles. The van der Waals surface area contributed by atoms with Crippen molar-refractivity contribution in [3.63, 3.8) is 0 Å². The molecule has 5 rings (SSSR count). The first-order chi connectivity index (χ1) is 16.1. The predicted molar refractivity (Wildman–Crippen MR) is 122 cm³/mol. The van der Waals surface area contributed by atoms with Gasteiger partial charge < -0.3 is 10.1 Å². The standard InChI is InChI=1S/C25H21N5O3/c1-2-33-25(32)19-5-3-4-18(14-19)16-6-8-17(9-7-16)23-26-11-10-20(28-23)21-15-22-24(31)27-12-13-30(22)29-21/h3-11,14-15H,2,12-13H2,1H3,(H,27,31). The van der Waals surface area contributed by atoms with Gasteiger partial charge in [-0.25, -0.2) is 14.8 Å². The molecule has 0 saturated heterocycles. The summed E-state index contributed by atoms with van der Waals surface area (Å²) in [7, 11) is 0. The van der Waals surface area contributed by atoms with E-state index >= 15 is 0 Å². The maximum atomic E-state index is 12.0. The third-order valence-corrected chi connectivity index (χ3v) is 5.39. The first-order valence-electron chi connectivity index (χ1n) is 10.7. The molecule has 1 aliphatic heterocycles. The number of esters is 1. The van der Waals surface area contributed by atoms with E-state index < -0.39 is 0 Å². The van der Waals surface area contributed by atoms with E-state index in [1.54, 1.807) is 36.0 Å². The third-order valence-electron chi connectivity index (χ3n) is 5.39. The number of carbonyl (C=O) groups is 2. The smallest absolute Gasteiger partial charge is 0.338 e. The average Bonchev–Trinajstić information content (AvgIpc) is 3.31. The summed E-state index contributed by atoms with van der Waals surface area (Å²) in [6, 6.07) is 18.7. The zero-order chi connectivity index (χ0) is 22.8. The molecule has 4 aromatic rings. The quantitative estimate of drug-likeness (QED) is 0.477. The molecule has 0 bridgehead atoms. The molecule has 0 unspecified atom stereocenters. The molecule has 1 N–H and O–H groups in total. The van der Waals surface area contributed by atoms with Crippen molar-refractivity contribution in [3.8, 4) is 33.9 Å². The van der Waals surface area contributed by atoms with Crippen molar-refractivity contribution >= 4 is 11.9 Å². The Morgan fingerprint density at radius 1 is 1.03 bits per heavy atom. The van der Waals surface area contributed by atoms with Gasteiger partial charge in [-0.15, -0.1) is 0 Å². The van der Waals surface area contributed by atoms with Gasteiger partial charge in [0.05, 0.1) is 24.4 Å². The lowest BCUT2D eigenvalue weighted by Crippen LogP contribution is -2.35. The van der Waals surface area contributed by atoms with Crippen LogP contribution in [0.15, 0.2) is 66.9 Å². The lowest BCUT2D eigenvalue weighted by Gasteiger charge is -2.13. The number of nitrogens with zero attached hydrogens (tertiary/aromatic N) is 4. The van der Waals surface area contributed by atoms with Gasteiger partial charge in [-0.05, 0) is 42.3 Å². The monoisotopic (exact) mass is 439 g/mol. The molecule has 0 fully saturated rings. The van der Waals surface area contributed by atoms with Crippen molar-refractivity contribution in [3.05, 3.63) is 78.1 Å². The van der Waals surface area contributed by atoms with Crippen LogP contribution in [0.3, 0.4) is 0 Å². The van der Waals surface area contributed by atoms with E-state index in [9.17, 15) is 9.59 Å². The van der Waals surface area contributed by atoms with Gasteiger partial charge >= 0.3 is 5.97 Å². The Kier molecular flexibility index (Phi) is 5.40. The van der Waals surface area contributed by atoms with Gasteiger partial charge in [-0.1, -0.05) is 36.4 Å². The summed E-state index contributed by atoms with van der Waals surface area (Å²) < 4.78 is 6.80. The van der Waals surface area contributed by atoms with E-state index in [4.69, 9.17) is 4.74 Å². The summed E-state index contributed by atoms with van der Waals surface area (Å²) >= 11 is 0. The van der Waals surface area contributed by atoms with Crippen molar-refractivity contribution in [2.75, 3.05) is 13.2 Å². The lowest BCUT2D eigenvalue weighted by atomic mass is 10.0. The number of benzene rings is 2. The van der Waals surface area contributed by atoms with Crippen molar-refractivity contribution in [1.82, 2.24) is 25.1 Å². The molecule has 164 valence electrons. The second kappa shape index (κ2) is 8.66. The predicted octanol–water partition coefficient (Wildman–Crippen LogP) is 3.59. The molecule has 3 heterocycles. The molecule has 2 aromatic carbocycles. The fraction of sp³-hybridized carbons (Fsp3) is 0.160. The second-order valence-corrected chi connectivity index (χ2v) is 7.54. The highest BCUT2D eigenvalue weighted by Crippen LogP contribution is 2.26. The van der Waals surface area contributed by atoms with Crippen LogP contribution < -0.4 is 5.32 Å². The Hall–Kier alpha value is -4.33. The number of amides is 1. The van der Waals surface area contributed by atoms with Gasteiger partial charge in [-0.2, -0.15) is 5.10 Å². The highest BCUT2D eigenvalue weighted by atomic mass is 16.5. The Labute approximate surface area is 190 Å². The number of fused-ring (bicyclic) bond motifs is 1. The normalized spacial score (nSPS) is 12.7. The Morgan fingerprint density at radius 2 is 1.85 bits per heavy atom. The maximum Gasteiger partial charge on any atom is 0.338 e. The molecule has 33 heavy (non-hydrogen) atoms. The number of hydrogen-bond donors (Lipinski definition) is 1. The average molecular weight is 439 g/mol. The zero-order valence-electron chi connectivity index (χ0n) is 18.0. The summed E-state index contributed by atoms with van der Waals surface area (Å²) in [6.45, 7) is 3.33. The molecule has 1 aliphatic rings. The topological polar surface area (TPSA) is 99.0 Å². The van der Waals surface area contributed by atoms with Crippen LogP contribution in [-0.4, -0.2) is 44.8 Å². The summed E-state index contributed by atoms with van der Waals surface area (Å²) in [4.78, 5) is 33.1. The van der Waals surface area contributed by atoms with E-state index in [-0.39, 0.29) is 11.9 Å². The van der Waals surface area contributed by atoms with E-state index in [1.807, 2.05) is 42.5 Å². The largest absolute Gasteiger partial charge is 0.462 e. The first-order valence-corrected chi connectivity index (χ1v) is 10.7. The Bertz CT molecular complexity index is 1340. The van der Waals surface area contributed by atoms with Crippen LogP contribution in [0.25, 0.3) is 33.9 Å². The number of hydrogen-bond acceptors (Lipinski definition) is 6. The second-order valence-electron chi connectivity index (χ2n) is 7.54. The minimum Gasteiger partial charge on any atom is -0.462 e. The van der Waals surface area contributed by atoms with Gasteiger partial charge in [0, 0.05) is 18.3 Å². The molecule has 8 heteroatoms. The summed E-state index contributed by atoms with van der Waals surface area (Å²) in [6.07, 6.45) is 1.69. The van der Waals surface area contributed by atoms with Crippen LogP contribution in [0.4, 0.5) is 0 Å². The van der Waals surface area contributed by atoms with Crippen LogP contribution in [0, 0.1) is 0 Å². The highest BCUT2D eigenvalue weighted by molar-refractivity contribution is 5.94. The van der Waals surface area contributed by atoms with Crippen LogP contribution in [0.1, 0.15) is 27.8 Å². The highest BCUT2D eigenvalue weighted by Gasteiger charge is 2.20. The van der Waals surface area contributed by atoms with Crippen LogP contribution in [0.2, 0.25) is 0 Å². The van der Waals surface area contributed by atoms with Gasteiger partial charge in [0.25, 0.3) is 5.91 Å². The molecular formula is C25H21N5O3. The van der Waals surface area contributed by atoms with Crippen molar-refractivity contribution in [1.29, 1.82) is 0 Å². The summed E-state index contributed by atoms with van der Waals surface area (Å²) in [5.41, 5.74) is 5.08. The molecule has 0 spiro atoms. The van der Waals surface area contributed by atoms with E-state index in [0.717, 1.165) is 16.7 Å². The number of carbonyl (C=O) groups excluding carboxylic acids is 2. The zero-order valence-corrected chi connectivity index (χ0v) is 18.0. The molecule has 0 saturated carbocycles. The number of rotatable bonds is 5. The molecule has 0 atom stereocenters. The van der Waals surface area contributed by atoms with E-state index in [0.29, 0.717) is 48.2 Å². The molecular weight excluding hydrogens is 418 g/mol. The molecule has 2 aromatic heterocycles. The van der Waals surface area contributed by atoms with Crippen LogP contribution in [-0.2, 0) is 11.3 Å².